The van der Waals surface area contributed by atoms with Crippen molar-refractivity contribution in [2.45, 2.75) is 13.8 Å². The number of aliphatic imine (C=N–C) groups is 1. The van der Waals surface area contributed by atoms with Gasteiger partial charge in [-0.3, -0.25) is 4.79 Å². The third kappa shape index (κ3) is 2.76. The quantitative estimate of drug-likeness (QED) is 0.805. The highest BCUT2D eigenvalue weighted by molar-refractivity contribution is 7.80. The molecule has 0 spiro atoms. The number of hydrogen-bond donors (Lipinski definition) is 0. The number of hydrogen-bond acceptors (Lipinski definition) is 4. The largest absolute Gasteiger partial charge is 0.497 e. The lowest BCUT2D eigenvalue weighted by Crippen LogP contribution is -2.24. The van der Waals surface area contributed by atoms with E-state index in [9.17, 15) is 10.1 Å². The molecule has 0 unspecified atom stereocenters. The monoisotopic (exact) mass is 298 g/mol. The number of rotatable bonds is 3. The second kappa shape index (κ2) is 5.98. The number of dihydropyridines is 1. The van der Waals surface area contributed by atoms with Gasteiger partial charge in [0.2, 0.25) is 0 Å². The van der Waals surface area contributed by atoms with Crippen LogP contribution in [-0.2, 0) is 4.79 Å². The van der Waals surface area contributed by atoms with Crippen molar-refractivity contribution >= 4 is 34.3 Å². The summed E-state index contributed by atoms with van der Waals surface area (Å²) in [6.45, 7) is 3.21. The first-order chi connectivity index (χ1) is 9.99. The Bertz CT molecular complexity index is 709. The summed E-state index contributed by atoms with van der Waals surface area (Å²) in [4.78, 5) is 16.4. The van der Waals surface area contributed by atoms with Crippen LogP contribution < -0.4 is 4.74 Å². The SMILES string of the molecule is COc1ccc(C2=C(C(C)=O)C(C)=NC(=S)[C@@H]2C#N)cc1. The lowest BCUT2D eigenvalue weighted by Gasteiger charge is -2.22. The van der Waals surface area contributed by atoms with Gasteiger partial charge in [0.25, 0.3) is 0 Å². The van der Waals surface area contributed by atoms with Crippen LogP contribution in [0.3, 0.4) is 0 Å². The van der Waals surface area contributed by atoms with Gasteiger partial charge in [0.05, 0.1) is 13.2 Å². The van der Waals surface area contributed by atoms with Crippen molar-refractivity contribution in [3.8, 4) is 11.8 Å². The van der Waals surface area contributed by atoms with Crippen LogP contribution in [0.2, 0.25) is 0 Å². The van der Waals surface area contributed by atoms with Gasteiger partial charge < -0.3 is 4.74 Å². The molecule has 0 aliphatic carbocycles. The van der Waals surface area contributed by atoms with E-state index in [1.807, 2.05) is 12.1 Å². The number of benzene rings is 1. The maximum Gasteiger partial charge on any atom is 0.161 e. The zero-order valence-electron chi connectivity index (χ0n) is 12.0. The van der Waals surface area contributed by atoms with E-state index in [4.69, 9.17) is 17.0 Å². The fourth-order valence-corrected chi connectivity index (χ4v) is 2.70. The van der Waals surface area contributed by atoms with E-state index >= 15 is 0 Å². The number of carbonyl (C=O) groups is 1. The molecule has 0 N–H and O–H groups in total. The minimum absolute atomic E-state index is 0.121. The highest BCUT2D eigenvalue weighted by Crippen LogP contribution is 2.33. The van der Waals surface area contributed by atoms with Crippen molar-refractivity contribution in [1.29, 1.82) is 5.26 Å². The number of nitriles is 1. The number of carbonyl (C=O) groups excluding carboxylic acids is 1. The summed E-state index contributed by atoms with van der Waals surface area (Å²) in [5.74, 6) is -0.0955. The Balaban J connectivity index is 2.69. The molecule has 106 valence electrons. The van der Waals surface area contributed by atoms with Gasteiger partial charge in [-0.15, -0.1) is 0 Å². The molecular formula is C16H14N2O2S. The molecule has 1 heterocycles. The van der Waals surface area contributed by atoms with E-state index < -0.39 is 5.92 Å². The summed E-state index contributed by atoms with van der Waals surface area (Å²) in [6.07, 6.45) is 0. The molecular weight excluding hydrogens is 284 g/mol. The molecule has 1 aromatic carbocycles. The summed E-state index contributed by atoms with van der Waals surface area (Å²) in [6, 6.07) is 9.37. The van der Waals surface area contributed by atoms with Crippen molar-refractivity contribution in [1.82, 2.24) is 0 Å². The van der Waals surface area contributed by atoms with Crippen LogP contribution in [0.5, 0.6) is 5.75 Å². The third-order valence-corrected chi connectivity index (χ3v) is 3.65. The minimum Gasteiger partial charge on any atom is -0.497 e. The van der Waals surface area contributed by atoms with Gasteiger partial charge in [-0.05, 0) is 37.1 Å². The fourth-order valence-electron chi connectivity index (χ4n) is 2.39. The molecule has 1 aliphatic heterocycles. The van der Waals surface area contributed by atoms with Gasteiger partial charge in [0.1, 0.15) is 16.7 Å². The van der Waals surface area contributed by atoms with Crippen molar-refractivity contribution in [3.05, 3.63) is 35.4 Å². The Morgan fingerprint density at radius 2 is 2.00 bits per heavy atom. The summed E-state index contributed by atoms with van der Waals surface area (Å²) < 4.78 is 5.13. The fraction of sp³-hybridized carbons (Fsp3) is 0.250. The maximum atomic E-state index is 12.0. The van der Waals surface area contributed by atoms with E-state index in [1.165, 1.54) is 6.92 Å². The van der Waals surface area contributed by atoms with Crippen LogP contribution in [0.1, 0.15) is 19.4 Å². The number of methoxy groups -OCH3 is 1. The molecule has 5 heteroatoms. The van der Waals surface area contributed by atoms with Crippen LogP contribution in [0.25, 0.3) is 5.57 Å². The molecule has 1 aromatic rings. The van der Waals surface area contributed by atoms with Crippen molar-refractivity contribution in [3.63, 3.8) is 0 Å². The van der Waals surface area contributed by atoms with Gasteiger partial charge in [-0.25, -0.2) is 4.99 Å². The molecule has 1 aliphatic rings. The Morgan fingerprint density at radius 1 is 1.38 bits per heavy atom. The first kappa shape index (κ1) is 15.1. The average molecular weight is 298 g/mol. The molecule has 1 atom stereocenters. The lowest BCUT2D eigenvalue weighted by atomic mass is 9.84. The zero-order chi connectivity index (χ0) is 15.6. The second-order valence-corrected chi connectivity index (χ2v) is 5.09. The number of Topliss-reactive ketones (excluding diaryl/α,β-unsaturated/α-hetero) is 1. The van der Waals surface area contributed by atoms with Crippen LogP contribution in [-0.4, -0.2) is 23.6 Å². The first-order valence-electron chi connectivity index (χ1n) is 6.38. The molecule has 0 radical (unpaired) electrons. The Hall–Kier alpha value is -2.32. The van der Waals surface area contributed by atoms with Gasteiger partial charge in [0, 0.05) is 11.3 Å². The standard InChI is InChI=1S/C16H14N2O2S/c1-9-14(10(2)19)15(13(8-17)16(21)18-9)11-4-6-12(20-3)7-5-11/h4-7,13H,1-3H3/t13-/m1/s1. The van der Waals surface area contributed by atoms with Crippen molar-refractivity contribution < 1.29 is 9.53 Å². The Labute approximate surface area is 128 Å². The molecule has 0 amide bonds. The van der Waals surface area contributed by atoms with E-state index in [1.54, 1.807) is 26.2 Å². The van der Waals surface area contributed by atoms with E-state index in [0.717, 1.165) is 5.56 Å². The predicted molar refractivity (Wildman–Crippen MR) is 85.4 cm³/mol. The maximum absolute atomic E-state index is 12.0. The summed E-state index contributed by atoms with van der Waals surface area (Å²) in [5.41, 5.74) is 2.44. The molecule has 4 nitrogen and oxygen atoms in total. The second-order valence-electron chi connectivity index (χ2n) is 4.67. The van der Waals surface area contributed by atoms with Gasteiger partial charge >= 0.3 is 0 Å². The highest BCUT2D eigenvalue weighted by atomic mass is 32.1. The molecule has 21 heavy (non-hydrogen) atoms. The van der Waals surface area contributed by atoms with Crippen molar-refractivity contribution in [2.24, 2.45) is 10.9 Å². The molecule has 0 fully saturated rings. The minimum atomic E-state index is -0.684. The van der Waals surface area contributed by atoms with Gasteiger partial charge in [-0.1, -0.05) is 24.4 Å². The van der Waals surface area contributed by atoms with E-state index in [2.05, 4.69) is 11.1 Å². The molecule has 0 aromatic heterocycles. The zero-order valence-corrected chi connectivity index (χ0v) is 12.8. The summed E-state index contributed by atoms with van der Waals surface area (Å²) in [5, 5.41) is 9.40. The smallest absolute Gasteiger partial charge is 0.161 e. The molecule has 0 saturated heterocycles. The topological polar surface area (TPSA) is 62.4 Å². The van der Waals surface area contributed by atoms with Crippen LogP contribution in [0, 0.1) is 17.2 Å². The number of ketones is 1. The van der Waals surface area contributed by atoms with Gasteiger partial charge in [0.15, 0.2) is 5.78 Å². The number of nitrogens with zero attached hydrogens (tertiary/aromatic N) is 2. The molecule has 0 bridgehead atoms. The Kier molecular flexibility index (Phi) is 4.29. The number of allylic oxidation sites excluding steroid dienone is 1. The van der Waals surface area contributed by atoms with Crippen molar-refractivity contribution in [2.75, 3.05) is 7.11 Å². The van der Waals surface area contributed by atoms with Crippen LogP contribution in [0.15, 0.2) is 34.8 Å². The summed E-state index contributed by atoms with van der Waals surface area (Å²) in [7, 11) is 1.58. The average Bonchev–Trinajstić information content (AvgIpc) is 2.46. The number of ether oxygens (including phenoxy) is 1. The molecule has 0 saturated carbocycles. The first-order valence-corrected chi connectivity index (χ1v) is 6.79. The third-order valence-electron chi connectivity index (χ3n) is 3.33. The molecule has 2 rings (SSSR count). The van der Waals surface area contributed by atoms with Crippen LogP contribution in [0.4, 0.5) is 0 Å². The normalized spacial score (nSPS) is 18.1. The summed E-state index contributed by atoms with van der Waals surface area (Å²) >= 11 is 5.19. The lowest BCUT2D eigenvalue weighted by molar-refractivity contribution is -0.113. The highest BCUT2D eigenvalue weighted by Gasteiger charge is 2.31. The van der Waals surface area contributed by atoms with Gasteiger partial charge in [-0.2, -0.15) is 5.26 Å². The van der Waals surface area contributed by atoms with E-state index in [-0.39, 0.29) is 5.78 Å². The van der Waals surface area contributed by atoms with E-state index in [0.29, 0.717) is 27.6 Å². The number of thiocarbonyl (C=S) groups is 1. The predicted octanol–water partition coefficient (Wildman–Crippen LogP) is 2.98. The Morgan fingerprint density at radius 3 is 2.48 bits per heavy atom. The van der Waals surface area contributed by atoms with Crippen LogP contribution >= 0.6 is 12.2 Å².